The molecule has 0 heterocycles. The first kappa shape index (κ1) is 18.7. The molecule has 1 aliphatic carbocycles. The molecule has 2 unspecified atom stereocenters. The summed E-state index contributed by atoms with van der Waals surface area (Å²) in [6, 6.07) is 0.550. The van der Waals surface area contributed by atoms with Crippen LogP contribution in [0.3, 0.4) is 0 Å². The van der Waals surface area contributed by atoms with Gasteiger partial charge in [0.1, 0.15) is 5.60 Å². The molecule has 0 saturated heterocycles. The Morgan fingerprint density at radius 2 is 1.77 bits per heavy atom. The number of carbonyl (C=O) groups excluding carboxylic acids is 2. The topological polar surface area (TPSA) is 79.5 Å². The van der Waals surface area contributed by atoms with E-state index in [2.05, 4.69) is 16.0 Å². The smallest absolute Gasteiger partial charge is 0.407 e. The number of amides is 2. The van der Waals surface area contributed by atoms with Crippen molar-refractivity contribution in [1.29, 1.82) is 0 Å². The highest BCUT2D eigenvalue weighted by molar-refractivity contribution is 5.77. The quantitative estimate of drug-likeness (QED) is 0.653. The highest BCUT2D eigenvalue weighted by atomic mass is 16.6. The fourth-order valence-electron chi connectivity index (χ4n) is 2.44. The van der Waals surface area contributed by atoms with E-state index in [-0.39, 0.29) is 24.0 Å². The molecule has 6 nitrogen and oxygen atoms in total. The normalized spacial score (nSPS) is 21.7. The fourth-order valence-corrected chi connectivity index (χ4v) is 2.44. The Balaban J connectivity index is 2.15. The lowest BCUT2D eigenvalue weighted by atomic mass is 10.2. The fraction of sp³-hybridized carbons (Fsp3) is 0.875. The highest BCUT2D eigenvalue weighted by Gasteiger charge is 2.27. The molecule has 0 aromatic carbocycles. The minimum atomic E-state index is -0.463. The molecule has 1 rings (SSSR count). The van der Waals surface area contributed by atoms with Crippen molar-refractivity contribution in [1.82, 2.24) is 16.0 Å². The largest absolute Gasteiger partial charge is 0.444 e. The van der Waals surface area contributed by atoms with Crippen LogP contribution in [-0.2, 0) is 9.53 Å². The Labute approximate surface area is 133 Å². The molecule has 2 atom stereocenters. The first-order valence-electron chi connectivity index (χ1n) is 8.18. The van der Waals surface area contributed by atoms with Gasteiger partial charge in [-0.1, -0.05) is 13.8 Å². The molecule has 0 aromatic heterocycles. The number of hydrogen-bond donors (Lipinski definition) is 3. The molecule has 1 fully saturated rings. The van der Waals surface area contributed by atoms with Gasteiger partial charge in [-0.25, -0.2) is 4.79 Å². The predicted octanol–water partition coefficient (Wildman–Crippen LogP) is 1.79. The highest BCUT2D eigenvalue weighted by Crippen LogP contribution is 2.19. The standard InChI is InChI=1S/C16H31N3O3/c1-11(2)14(20)18-9-8-17-12-6-7-13(10-12)19-15(21)22-16(3,4)5/h11-13,17H,6-10H2,1-5H3,(H,18,20)(H,19,21). The van der Waals surface area contributed by atoms with Gasteiger partial charge in [0.25, 0.3) is 0 Å². The Bertz CT molecular complexity index is 377. The molecule has 3 N–H and O–H groups in total. The second-order valence-electron chi connectivity index (χ2n) is 7.25. The maximum absolute atomic E-state index is 11.7. The van der Waals surface area contributed by atoms with E-state index < -0.39 is 5.60 Å². The van der Waals surface area contributed by atoms with Crippen molar-refractivity contribution in [3.05, 3.63) is 0 Å². The lowest BCUT2D eigenvalue weighted by molar-refractivity contribution is -0.123. The summed E-state index contributed by atoms with van der Waals surface area (Å²) < 4.78 is 5.26. The molecule has 0 aromatic rings. The molecule has 0 aliphatic heterocycles. The van der Waals surface area contributed by atoms with Crippen LogP contribution in [0.25, 0.3) is 0 Å². The first-order chi connectivity index (χ1) is 10.2. The van der Waals surface area contributed by atoms with Crippen molar-refractivity contribution >= 4 is 12.0 Å². The van der Waals surface area contributed by atoms with Crippen molar-refractivity contribution < 1.29 is 14.3 Å². The van der Waals surface area contributed by atoms with Gasteiger partial charge in [-0.15, -0.1) is 0 Å². The van der Waals surface area contributed by atoms with E-state index in [9.17, 15) is 9.59 Å². The van der Waals surface area contributed by atoms with Gasteiger partial charge in [0.05, 0.1) is 0 Å². The van der Waals surface area contributed by atoms with Gasteiger partial charge in [0, 0.05) is 31.1 Å². The van der Waals surface area contributed by atoms with Gasteiger partial charge < -0.3 is 20.7 Å². The molecule has 1 saturated carbocycles. The van der Waals surface area contributed by atoms with Crippen molar-refractivity contribution in [2.24, 2.45) is 5.92 Å². The zero-order valence-electron chi connectivity index (χ0n) is 14.5. The summed E-state index contributed by atoms with van der Waals surface area (Å²) in [5.74, 6) is 0.103. The van der Waals surface area contributed by atoms with Crippen LogP contribution >= 0.6 is 0 Å². The van der Waals surface area contributed by atoms with Crippen LogP contribution in [0.1, 0.15) is 53.9 Å². The first-order valence-corrected chi connectivity index (χ1v) is 8.18. The Hall–Kier alpha value is -1.30. The van der Waals surface area contributed by atoms with E-state index in [4.69, 9.17) is 4.74 Å². The second-order valence-corrected chi connectivity index (χ2v) is 7.25. The molecule has 128 valence electrons. The number of alkyl carbamates (subject to hydrolysis) is 1. The lowest BCUT2D eigenvalue weighted by Crippen LogP contribution is -2.40. The van der Waals surface area contributed by atoms with Crippen LogP contribution in [0, 0.1) is 5.92 Å². The molecule has 22 heavy (non-hydrogen) atoms. The van der Waals surface area contributed by atoms with Gasteiger partial charge >= 0.3 is 6.09 Å². The molecular formula is C16H31N3O3. The summed E-state index contributed by atoms with van der Waals surface area (Å²) >= 11 is 0. The van der Waals surface area contributed by atoms with Crippen molar-refractivity contribution in [2.75, 3.05) is 13.1 Å². The monoisotopic (exact) mass is 313 g/mol. The van der Waals surface area contributed by atoms with Crippen molar-refractivity contribution in [3.63, 3.8) is 0 Å². The van der Waals surface area contributed by atoms with E-state index in [1.54, 1.807) is 0 Å². The third-order valence-corrected chi connectivity index (χ3v) is 3.54. The van der Waals surface area contributed by atoms with Crippen LogP contribution in [0.2, 0.25) is 0 Å². The molecule has 0 spiro atoms. The van der Waals surface area contributed by atoms with E-state index in [0.29, 0.717) is 12.6 Å². The third kappa shape index (κ3) is 7.64. The summed E-state index contributed by atoms with van der Waals surface area (Å²) in [7, 11) is 0. The Morgan fingerprint density at radius 1 is 1.14 bits per heavy atom. The van der Waals surface area contributed by atoms with Gasteiger partial charge in [-0.2, -0.15) is 0 Å². The van der Waals surface area contributed by atoms with Gasteiger partial charge in [0.15, 0.2) is 0 Å². The lowest BCUT2D eigenvalue weighted by Gasteiger charge is -2.22. The second kappa shape index (κ2) is 8.36. The van der Waals surface area contributed by atoms with Crippen LogP contribution in [-0.4, -0.2) is 42.8 Å². The Morgan fingerprint density at radius 3 is 2.36 bits per heavy atom. The summed E-state index contributed by atoms with van der Waals surface area (Å²) in [6.07, 6.45) is 2.54. The van der Waals surface area contributed by atoms with Gasteiger partial charge in [-0.3, -0.25) is 4.79 Å². The third-order valence-electron chi connectivity index (χ3n) is 3.54. The van der Waals surface area contributed by atoms with Crippen LogP contribution < -0.4 is 16.0 Å². The summed E-state index contributed by atoms with van der Waals surface area (Å²) in [6.45, 7) is 10.7. The minimum absolute atomic E-state index is 0.0221. The average molecular weight is 313 g/mol. The molecular weight excluding hydrogens is 282 g/mol. The van der Waals surface area contributed by atoms with E-state index in [1.165, 1.54) is 0 Å². The van der Waals surface area contributed by atoms with Crippen LogP contribution in [0.5, 0.6) is 0 Å². The average Bonchev–Trinajstić information content (AvgIpc) is 2.79. The number of ether oxygens (including phenoxy) is 1. The van der Waals surface area contributed by atoms with E-state index in [0.717, 1.165) is 25.8 Å². The van der Waals surface area contributed by atoms with E-state index in [1.807, 2.05) is 34.6 Å². The minimum Gasteiger partial charge on any atom is -0.444 e. The molecule has 1 aliphatic rings. The number of nitrogens with one attached hydrogen (secondary N) is 3. The summed E-state index contributed by atoms with van der Waals surface area (Å²) in [5, 5.41) is 9.22. The van der Waals surface area contributed by atoms with Crippen molar-refractivity contribution in [3.8, 4) is 0 Å². The van der Waals surface area contributed by atoms with E-state index >= 15 is 0 Å². The predicted molar refractivity (Wildman–Crippen MR) is 86.6 cm³/mol. The summed E-state index contributed by atoms with van der Waals surface area (Å²) in [5.41, 5.74) is -0.463. The van der Waals surface area contributed by atoms with Gasteiger partial charge in [0.2, 0.25) is 5.91 Å². The molecule has 6 heteroatoms. The zero-order chi connectivity index (χ0) is 16.8. The van der Waals surface area contributed by atoms with Crippen molar-refractivity contribution in [2.45, 2.75) is 71.6 Å². The number of hydrogen-bond acceptors (Lipinski definition) is 4. The molecule has 2 amide bonds. The van der Waals surface area contributed by atoms with Gasteiger partial charge in [-0.05, 0) is 40.0 Å². The van der Waals surface area contributed by atoms with Crippen LogP contribution in [0.4, 0.5) is 4.79 Å². The summed E-state index contributed by atoms with van der Waals surface area (Å²) in [4.78, 5) is 23.1. The zero-order valence-corrected chi connectivity index (χ0v) is 14.5. The maximum Gasteiger partial charge on any atom is 0.407 e. The number of carbonyl (C=O) groups is 2. The molecule has 0 radical (unpaired) electrons. The molecule has 0 bridgehead atoms. The number of rotatable bonds is 6. The Kier molecular flexibility index (Phi) is 7.13. The SMILES string of the molecule is CC(C)C(=O)NCCNC1CCC(NC(=O)OC(C)(C)C)C1. The maximum atomic E-state index is 11.7. The van der Waals surface area contributed by atoms with Crippen LogP contribution in [0.15, 0.2) is 0 Å².